The second-order valence-corrected chi connectivity index (χ2v) is 6.91. The minimum Gasteiger partial charge on any atom is -0.507 e. The second-order valence-electron chi connectivity index (χ2n) is 5.92. The van der Waals surface area contributed by atoms with Crippen LogP contribution in [0.4, 0.5) is 4.79 Å². The van der Waals surface area contributed by atoms with Gasteiger partial charge in [-0.3, -0.25) is 19.1 Å². The average molecular weight is 395 g/mol. The zero-order valence-electron chi connectivity index (χ0n) is 14.3. The van der Waals surface area contributed by atoms with Crippen LogP contribution >= 0.6 is 11.8 Å². The summed E-state index contributed by atoms with van der Waals surface area (Å²) >= 11 is 0.757. The maximum absolute atomic E-state index is 12.7. The van der Waals surface area contributed by atoms with E-state index in [2.05, 4.69) is 9.79 Å². The van der Waals surface area contributed by atoms with Crippen LogP contribution in [0.15, 0.2) is 64.1 Å². The SMILES string of the molecule is O=C1S/C(=C/c2ccccc2O)C(=O)N1Cc1no[n+]([O-])c1-c1ccccc1. The van der Waals surface area contributed by atoms with E-state index in [9.17, 15) is 19.9 Å². The quantitative estimate of drug-likeness (QED) is 0.534. The van der Waals surface area contributed by atoms with Crippen LogP contribution in [-0.2, 0) is 11.3 Å². The molecule has 0 spiro atoms. The maximum Gasteiger partial charge on any atom is 0.294 e. The van der Waals surface area contributed by atoms with Crippen molar-refractivity contribution in [3.63, 3.8) is 0 Å². The molecule has 1 saturated heterocycles. The number of para-hydroxylation sites is 1. The molecule has 0 atom stereocenters. The first kappa shape index (κ1) is 17.8. The van der Waals surface area contributed by atoms with Crippen LogP contribution in [0.1, 0.15) is 11.3 Å². The first-order valence-corrected chi connectivity index (χ1v) is 9.03. The molecule has 4 rings (SSSR count). The largest absolute Gasteiger partial charge is 0.507 e. The van der Waals surface area contributed by atoms with Crippen molar-refractivity contribution >= 4 is 29.0 Å². The summed E-state index contributed by atoms with van der Waals surface area (Å²) in [5, 5.41) is 25.1. The molecule has 1 fully saturated rings. The Bertz CT molecular complexity index is 1090. The summed E-state index contributed by atoms with van der Waals surface area (Å²) in [6.45, 7) is -0.203. The lowest BCUT2D eigenvalue weighted by Crippen LogP contribution is -2.30. The highest BCUT2D eigenvalue weighted by Gasteiger charge is 2.38. The van der Waals surface area contributed by atoms with Gasteiger partial charge in [-0.25, -0.2) is 0 Å². The minimum atomic E-state index is -0.530. The van der Waals surface area contributed by atoms with Crippen LogP contribution in [0, 0.1) is 5.21 Å². The molecule has 28 heavy (non-hydrogen) atoms. The Kier molecular flexibility index (Phi) is 4.58. The Hall–Kier alpha value is -3.59. The summed E-state index contributed by atoms with van der Waals surface area (Å²) in [6.07, 6.45) is 1.45. The zero-order chi connectivity index (χ0) is 19.7. The van der Waals surface area contributed by atoms with E-state index >= 15 is 0 Å². The Morgan fingerprint density at radius 1 is 1.14 bits per heavy atom. The second kappa shape index (κ2) is 7.20. The van der Waals surface area contributed by atoms with Crippen molar-refractivity contribution in [1.82, 2.24) is 10.1 Å². The molecule has 3 aromatic rings. The molecule has 1 N–H and O–H groups in total. The van der Waals surface area contributed by atoms with Crippen molar-refractivity contribution in [3.8, 4) is 17.0 Å². The number of rotatable bonds is 4. The summed E-state index contributed by atoms with van der Waals surface area (Å²) in [7, 11) is 0. The Labute approximate surface area is 163 Å². The van der Waals surface area contributed by atoms with E-state index in [0.29, 0.717) is 11.1 Å². The molecule has 8 nitrogen and oxygen atoms in total. The van der Waals surface area contributed by atoms with Crippen LogP contribution in [0.3, 0.4) is 0 Å². The molecule has 0 unspecified atom stereocenters. The van der Waals surface area contributed by atoms with Gasteiger partial charge in [0.2, 0.25) is 11.4 Å². The van der Waals surface area contributed by atoms with Gasteiger partial charge in [0.05, 0.1) is 4.91 Å². The summed E-state index contributed by atoms with van der Waals surface area (Å²) in [4.78, 5) is 26.4. The predicted octanol–water partition coefficient (Wildman–Crippen LogP) is 2.92. The molecular weight excluding hydrogens is 382 g/mol. The lowest BCUT2D eigenvalue weighted by atomic mass is 10.1. The van der Waals surface area contributed by atoms with Crippen molar-refractivity contribution in [2.75, 3.05) is 0 Å². The molecule has 0 aliphatic carbocycles. The van der Waals surface area contributed by atoms with Gasteiger partial charge < -0.3 is 10.3 Å². The molecule has 1 aliphatic rings. The summed E-state index contributed by atoms with van der Waals surface area (Å²) in [5.41, 5.74) is 1.30. The Morgan fingerprint density at radius 2 is 1.86 bits per heavy atom. The highest BCUT2D eigenvalue weighted by Crippen LogP contribution is 2.35. The van der Waals surface area contributed by atoms with E-state index in [-0.39, 0.29) is 33.5 Å². The lowest BCUT2D eigenvalue weighted by Gasteiger charge is -2.09. The molecule has 2 heterocycles. The van der Waals surface area contributed by atoms with Crippen LogP contribution in [-0.4, -0.2) is 26.3 Å². The van der Waals surface area contributed by atoms with E-state index in [0.717, 1.165) is 16.7 Å². The molecule has 9 heteroatoms. The van der Waals surface area contributed by atoms with E-state index in [4.69, 9.17) is 0 Å². The predicted molar refractivity (Wildman–Crippen MR) is 101 cm³/mol. The topological polar surface area (TPSA) is 111 Å². The number of phenolic OH excluding ortho intramolecular Hbond substituents is 1. The van der Waals surface area contributed by atoms with Gasteiger partial charge in [-0.2, -0.15) is 0 Å². The van der Waals surface area contributed by atoms with Crippen molar-refractivity contribution in [1.29, 1.82) is 0 Å². The van der Waals surface area contributed by atoms with Crippen LogP contribution in [0.5, 0.6) is 5.75 Å². The molecule has 0 saturated carbocycles. The van der Waals surface area contributed by atoms with Crippen LogP contribution in [0.25, 0.3) is 17.3 Å². The summed E-state index contributed by atoms with van der Waals surface area (Å²) < 4.78 is 4.68. The fourth-order valence-electron chi connectivity index (χ4n) is 2.78. The smallest absolute Gasteiger partial charge is 0.294 e. The molecule has 2 amide bonds. The van der Waals surface area contributed by atoms with E-state index in [1.165, 1.54) is 12.1 Å². The van der Waals surface area contributed by atoms with Gasteiger partial charge in [0.15, 0.2) is 0 Å². The molecule has 1 aromatic heterocycles. The molecular formula is C19H13N3O5S. The number of aromatic nitrogens is 2. The molecule has 0 bridgehead atoms. The monoisotopic (exact) mass is 395 g/mol. The van der Waals surface area contributed by atoms with Gasteiger partial charge in [-0.1, -0.05) is 48.5 Å². The third kappa shape index (κ3) is 3.23. The third-order valence-corrected chi connectivity index (χ3v) is 5.04. The van der Waals surface area contributed by atoms with Gasteiger partial charge in [0.1, 0.15) is 12.3 Å². The van der Waals surface area contributed by atoms with Crippen molar-refractivity contribution in [2.45, 2.75) is 6.54 Å². The van der Waals surface area contributed by atoms with Gasteiger partial charge in [0.25, 0.3) is 11.1 Å². The van der Waals surface area contributed by atoms with Crippen LogP contribution < -0.4 is 4.90 Å². The fourth-order valence-corrected chi connectivity index (χ4v) is 3.61. The highest BCUT2D eigenvalue weighted by atomic mass is 32.2. The highest BCUT2D eigenvalue weighted by molar-refractivity contribution is 8.18. The number of phenols is 1. The summed E-state index contributed by atoms with van der Waals surface area (Å²) in [5.74, 6) is -0.526. The minimum absolute atomic E-state index is 0.00422. The number of benzene rings is 2. The number of nitrogens with zero attached hydrogens (tertiary/aromatic N) is 3. The number of hydrogen-bond acceptors (Lipinski definition) is 7. The maximum atomic E-state index is 12.7. The zero-order valence-corrected chi connectivity index (χ0v) is 15.1. The third-order valence-electron chi connectivity index (χ3n) is 4.13. The number of aromatic hydroxyl groups is 1. The molecule has 1 aliphatic heterocycles. The van der Waals surface area contributed by atoms with Crippen molar-refractivity contribution < 1.29 is 24.2 Å². The Balaban J connectivity index is 1.63. The first-order valence-electron chi connectivity index (χ1n) is 8.22. The number of imide groups is 1. The van der Waals surface area contributed by atoms with Gasteiger partial charge >= 0.3 is 0 Å². The van der Waals surface area contributed by atoms with Crippen LogP contribution in [0.2, 0.25) is 0 Å². The normalized spacial score (nSPS) is 15.6. The fraction of sp³-hybridized carbons (Fsp3) is 0.0526. The lowest BCUT2D eigenvalue weighted by molar-refractivity contribution is -0.793. The summed E-state index contributed by atoms with van der Waals surface area (Å²) in [6, 6.07) is 15.2. The Morgan fingerprint density at radius 3 is 2.61 bits per heavy atom. The van der Waals surface area contributed by atoms with Crippen molar-refractivity contribution in [3.05, 3.63) is 76.0 Å². The average Bonchev–Trinajstić information content (AvgIpc) is 3.19. The molecule has 2 aromatic carbocycles. The van der Waals surface area contributed by atoms with E-state index in [1.54, 1.807) is 48.5 Å². The number of amides is 2. The van der Waals surface area contributed by atoms with E-state index < -0.39 is 11.1 Å². The number of carbonyl (C=O) groups excluding carboxylic acids is 2. The standard InChI is InChI=1S/C19H13N3O5S/c23-15-9-5-4-8-13(15)10-16-18(24)21(19(25)28-16)11-14-17(22(26)27-20-14)12-6-2-1-3-7-12/h1-10,23H,11H2/b16-10+. The first-order chi connectivity index (χ1) is 13.5. The van der Waals surface area contributed by atoms with Gasteiger partial charge in [-0.15, -0.1) is 0 Å². The molecule has 0 radical (unpaired) electrons. The number of carbonyl (C=O) groups is 2. The van der Waals surface area contributed by atoms with Gasteiger partial charge in [-0.05, 0) is 28.8 Å². The van der Waals surface area contributed by atoms with Gasteiger partial charge in [0, 0.05) is 16.3 Å². The number of hydrogen-bond donors (Lipinski definition) is 1. The number of thioether (sulfide) groups is 1. The van der Waals surface area contributed by atoms with Crippen molar-refractivity contribution in [2.24, 2.45) is 0 Å². The van der Waals surface area contributed by atoms with E-state index in [1.807, 2.05) is 0 Å². The molecule has 140 valence electrons.